The Labute approximate surface area is 124 Å². The highest BCUT2D eigenvalue weighted by molar-refractivity contribution is 7.71. The van der Waals surface area contributed by atoms with E-state index in [-0.39, 0.29) is 0 Å². The zero-order valence-electron chi connectivity index (χ0n) is 11.5. The van der Waals surface area contributed by atoms with E-state index in [2.05, 4.69) is 27.0 Å². The molecule has 1 aromatic carbocycles. The second-order valence-electron chi connectivity index (χ2n) is 5.22. The van der Waals surface area contributed by atoms with Gasteiger partial charge < -0.3 is 9.88 Å². The van der Waals surface area contributed by atoms with Crippen LogP contribution in [0.5, 0.6) is 0 Å². The summed E-state index contributed by atoms with van der Waals surface area (Å²) in [4.78, 5) is 10.3. The maximum absolute atomic E-state index is 5.33. The van der Waals surface area contributed by atoms with E-state index in [4.69, 9.17) is 12.2 Å². The molecule has 0 unspecified atom stereocenters. The first-order valence-corrected chi connectivity index (χ1v) is 7.65. The molecule has 0 amide bonds. The third-order valence-electron chi connectivity index (χ3n) is 3.72. The van der Waals surface area contributed by atoms with Gasteiger partial charge in [0.1, 0.15) is 4.64 Å². The molecule has 1 aliphatic heterocycles. The lowest BCUT2D eigenvalue weighted by molar-refractivity contribution is 0.726. The van der Waals surface area contributed by atoms with Crippen LogP contribution in [-0.4, -0.2) is 23.1 Å². The van der Waals surface area contributed by atoms with Gasteiger partial charge in [0, 0.05) is 13.1 Å². The van der Waals surface area contributed by atoms with Crippen molar-refractivity contribution in [2.75, 3.05) is 18.0 Å². The minimum absolute atomic E-state index is 0.654. The van der Waals surface area contributed by atoms with Gasteiger partial charge in [-0.15, -0.1) is 0 Å². The molecule has 3 rings (SSSR count). The Balaban J connectivity index is 1.96. The second kappa shape index (κ2) is 6.18. The summed E-state index contributed by atoms with van der Waals surface area (Å²) in [6, 6.07) is 12.2. The standard InChI is InChI=1S/C16H19N3S/c20-15-12-14(13-8-4-3-5-9-13)17-16(18-15)19-10-6-1-2-7-11-19/h3-5,8-9,12H,1-2,6-7,10-11H2,(H,17,18,20). The molecule has 0 atom stereocenters. The third-order valence-corrected chi connectivity index (χ3v) is 3.93. The van der Waals surface area contributed by atoms with Gasteiger partial charge >= 0.3 is 0 Å². The number of H-pyrrole nitrogens is 1. The Hall–Kier alpha value is -1.68. The van der Waals surface area contributed by atoms with Gasteiger partial charge in [0.05, 0.1) is 5.69 Å². The molecule has 1 N–H and O–H groups in total. The summed E-state index contributed by atoms with van der Waals surface area (Å²) < 4.78 is 0.654. The number of nitrogens with zero attached hydrogens (tertiary/aromatic N) is 2. The summed E-state index contributed by atoms with van der Waals surface area (Å²) in [7, 11) is 0. The summed E-state index contributed by atoms with van der Waals surface area (Å²) in [5.41, 5.74) is 2.20. The van der Waals surface area contributed by atoms with Gasteiger partial charge in [0.15, 0.2) is 0 Å². The van der Waals surface area contributed by atoms with Crippen LogP contribution in [0, 0.1) is 4.64 Å². The maximum atomic E-state index is 5.33. The van der Waals surface area contributed by atoms with Crippen molar-refractivity contribution < 1.29 is 0 Å². The normalized spacial score (nSPS) is 15.9. The van der Waals surface area contributed by atoms with E-state index in [1.165, 1.54) is 25.7 Å². The second-order valence-corrected chi connectivity index (χ2v) is 5.64. The van der Waals surface area contributed by atoms with Gasteiger partial charge in [-0.1, -0.05) is 55.4 Å². The largest absolute Gasteiger partial charge is 0.342 e. The van der Waals surface area contributed by atoms with E-state index < -0.39 is 0 Å². The molecule has 3 nitrogen and oxygen atoms in total. The Morgan fingerprint density at radius 1 is 1.00 bits per heavy atom. The molecule has 4 heteroatoms. The van der Waals surface area contributed by atoms with E-state index >= 15 is 0 Å². The maximum Gasteiger partial charge on any atom is 0.204 e. The van der Waals surface area contributed by atoms with E-state index in [1.807, 2.05) is 24.3 Å². The summed E-state index contributed by atoms with van der Waals surface area (Å²) in [5.74, 6) is 0.915. The van der Waals surface area contributed by atoms with E-state index in [0.717, 1.165) is 30.3 Å². The van der Waals surface area contributed by atoms with Crippen LogP contribution in [0.25, 0.3) is 11.3 Å². The molecule has 2 aromatic rings. The van der Waals surface area contributed by atoms with Crippen LogP contribution in [0.1, 0.15) is 25.7 Å². The van der Waals surface area contributed by atoms with Crippen LogP contribution < -0.4 is 4.90 Å². The number of hydrogen-bond donors (Lipinski definition) is 1. The number of aromatic nitrogens is 2. The molecular weight excluding hydrogens is 266 g/mol. The monoisotopic (exact) mass is 285 g/mol. The predicted octanol–water partition coefficient (Wildman–Crippen LogP) is 4.19. The van der Waals surface area contributed by atoms with Gasteiger partial charge in [-0.25, -0.2) is 4.98 Å². The molecular formula is C16H19N3S. The average molecular weight is 285 g/mol. The molecule has 0 radical (unpaired) electrons. The molecule has 1 aromatic heterocycles. The summed E-state index contributed by atoms with van der Waals surface area (Å²) in [5, 5.41) is 0. The number of rotatable bonds is 2. The van der Waals surface area contributed by atoms with Gasteiger partial charge in [-0.2, -0.15) is 0 Å². The number of anilines is 1. The fourth-order valence-corrected chi connectivity index (χ4v) is 2.85. The zero-order valence-corrected chi connectivity index (χ0v) is 12.3. The van der Waals surface area contributed by atoms with Crippen molar-refractivity contribution in [3.05, 3.63) is 41.0 Å². The van der Waals surface area contributed by atoms with Crippen LogP contribution in [-0.2, 0) is 0 Å². The summed E-state index contributed by atoms with van der Waals surface area (Å²) in [6.45, 7) is 2.13. The van der Waals surface area contributed by atoms with Gasteiger partial charge in [-0.3, -0.25) is 0 Å². The highest BCUT2D eigenvalue weighted by atomic mass is 32.1. The van der Waals surface area contributed by atoms with Crippen molar-refractivity contribution in [1.29, 1.82) is 0 Å². The highest BCUT2D eigenvalue weighted by Gasteiger charge is 2.12. The molecule has 2 heterocycles. The number of hydrogen-bond acceptors (Lipinski definition) is 3. The number of aromatic amines is 1. The van der Waals surface area contributed by atoms with E-state index in [1.54, 1.807) is 0 Å². The Morgan fingerprint density at radius 3 is 2.40 bits per heavy atom. The molecule has 0 spiro atoms. The highest BCUT2D eigenvalue weighted by Crippen LogP contribution is 2.21. The molecule has 0 saturated carbocycles. The predicted molar refractivity (Wildman–Crippen MR) is 85.5 cm³/mol. The molecule has 0 aliphatic carbocycles. The van der Waals surface area contributed by atoms with Crippen molar-refractivity contribution >= 4 is 18.2 Å². The third kappa shape index (κ3) is 3.07. The smallest absolute Gasteiger partial charge is 0.204 e. The van der Waals surface area contributed by atoms with Crippen LogP contribution in [0.2, 0.25) is 0 Å². The van der Waals surface area contributed by atoms with Crippen LogP contribution in [0.3, 0.4) is 0 Å². The van der Waals surface area contributed by atoms with Crippen LogP contribution >= 0.6 is 12.2 Å². The first-order valence-electron chi connectivity index (χ1n) is 7.25. The first-order chi connectivity index (χ1) is 9.83. The molecule has 1 aliphatic rings. The van der Waals surface area contributed by atoms with E-state index in [9.17, 15) is 0 Å². The Bertz CT molecular complexity index is 613. The average Bonchev–Trinajstić information content (AvgIpc) is 2.77. The molecule has 1 saturated heterocycles. The van der Waals surface area contributed by atoms with Crippen molar-refractivity contribution in [2.45, 2.75) is 25.7 Å². The van der Waals surface area contributed by atoms with Gasteiger partial charge in [0.25, 0.3) is 0 Å². The Kier molecular flexibility index (Phi) is 4.11. The lowest BCUT2D eigenvalue weighted by Crippen LogP contribution is -2.26. The molecule has 0 bridgehead atoms. The zero-order chi connectivity index (χ0) is 13.8. The minimum atomic E-state index is 0.654. The van der Waals surface area contributed by atoms with Crippen LogP contribution in [0.15, 0.2) is 36.4 Å². The van der Waals surface area contributed by atoms with Gasteiger partial charge in [-0.05, 0) is 24.5 Å². The van der Waals surface area contributed by atoms with Crippen molar-refractivity contribution in [3.63, 3.8) is 0 Å². The van der Waals surface area contributed by atoms with Gasteiger partial charge in [0.2, 0.25) is 5.95 Å². The topological polar surface area (TPSA) is 31.9 Å². The van der Waals surface area contributed by atoms with Crippen molar-refractivity contribution in [2.24, 2.45) is 0 Å². The summed E-state index contributed by atoms with van der Waals surface area (Å²) in [6.07, 6.45) is 5.10. The molecule has 20 heavy (non-hydrogen) atoms. The number of benzene rings is 1. The fraction of sp³-hybridized carbons (Fsp3) is 0.375. The minimum Gasteiger partial charge on any atom is -0.342 e. The molecule has 1 fully saturated rings. The summed E-state index contributed by atoms with van der Waals surface area (Å²) >= 11 is 5.33. The molecule has 104 valence electrons. The fourth-order valence-electron chi connectivity index (χ4n) is 2.65. The van der Waals surface area contributed by atoms with Crippen molar-refractivity contribution in [1.82, 2.24) is 9.97 Å². The quantitative estimate of drug-likeness (QED) is 0.840. The van der Waals surface area contributed by atoms with E-state index in [0.29, 0.717) is 4.64 Å². The lowest BCUT2D eigenvalue weighted by Gasteiger charge is -2.21. The lowest BCUT2D eigenvalue weighted by atomic mass is 10.1. The Morgan fingerprint density at radius 2 is 1.70 bits per heavy atom. The first kappa shape index (κ1) is 13.3. The number of nitrogens with one attached hydrogen (secondary N) is 1. The van der Waals surface area contributed by atoms with Crippen LogP contribution in [0.4, 0.5) is 5.95 Å². The SMILES string of the molecule is S=c1cc(-c2ccccc2)[nH]c(N2CCCCCC2)n1. The van der Waals surface area contributed by atoms with Crippen molar-refractivity contribution in [3.8, 4) is 11.3 Å².